The van der Waals surface area contributed by atoms with Gasteiger partial charge in [-0.25, -0.2) is 8.78 Å². The van der Waals surface area contributed by atoms with E-state index in [-0.39, 0.29) is 17.6 Å². The molecule has 5 nitrogen and oxygen atoms in total. The second kappa shape index (κ2) is 3.97. The fraction of sp³-hybridized carbons (Fsp3) is 0.462. The Hall–Kier alpha value is -2.05. The van der Waals surface area contributed by atoms with Crippen molar-refractivity contribution >= 4 is 17.2 Å². The van der Waals surface area contributed by atoms with E-state index in [9.17, 15) is 8.78 Å². The summed E-state index contributed by atoms with van der Waals surface area (Å²) in [6.07, 6.45) is -0.163. The van der Waals surface area contributed by atoms with Gasteiger partial charge in [0.05, 0.1) is 12.6 Å². The van der Waals surface area contributed by atoms with Crippen molar-refractivity contribution in [3.05, 3.63) is 17.7 Å². The normalized spacial score (nSPS) is 22.4. The van der Waals surface area contributed by atoms with Gasteiger partial charge in [0.25, 0.3) is 0 Å². The maximum atomic E-state index is 14.1. The number of anilines is 2. The molecule has 7 heteroatoms. The lowest BCUT2D eigenvalue weighted by atomic mass is 9.96. The molecule has 2 aliphatic heterocycles. The monoisotopic (exact) mass is 282 g/mol. The van der Waals surface area contributed by atoms with Crippen molar-refractivity contribution in [2.45, 2.75) is 32.5 Å². The summed E-state index contributed by atoms with van der Waals surface area (Å²) < 4.78 is 33.0. The Morgan fingerprint density at radius 1 is 1.40 bits per heavy atom. The Bertz CT molecular complexity index is 615. The largest absolute Gasteiger partial charge is 0.494 e. The highest BCUT2D eigenvalue weighted by molar-refractivity contribution is 6.13. The summed E-state index contributed by atoms with van der Waals surface area (Å²) in [7, 11) is 1.43. The van der Waals surface area contributed by atoms with Crippen LogP contribution in [0.5, 0.6) is 5.75 Å². The smallest absolute Gasteiger partial charge is 0.184 e. The van der Waals surface area contributed by atoms with E-state index in [0.29, 0.717) is 11.5 Å². The summed E-state index contributed by atoms with van der Waals surface area (Å²) >= 11 is 0. The van der Waals surface area contributed by atoms with Gasteiger partial charge in [0.15, 0.2) is 17.5 Å². The Kier molecular flexibility index (Phi) is 2.57. The Balaban J connectivity index is 2.30. The molecule has 0 saturated heterocycles. The number of methoxy groups -OCH3 is 1. The minimum Gasteiger partial charge on any atom is -0.494 e. The summed E-state index contributed by atoms with van der Waals surface area (Å²) in [6.45, 7) is 5.61. The first-order valence-corrected chi connectivity index (χ1v) is 6.34. The molecule has 1 aromatic carbocycles. The zero-order chi connectivity index (χ0) is 14.7. The number of benzene rings is 1. The number of hydrogen-bond donors (Lipinski definition) is 2. The number of hydrogen-bond acceptors (Lipinski definition) is 5. The van der Waals surface area contributed by atoms with Crippen molar-refractivity contribution in [2.75, 3.05) is 17.3 Å². The molecular formula is C13H16F2N4O. The highest BCUT2D eigenvalue weighted by Gasteiger charge is 2.45. The standard InChI is InChI=1S/C13H16F2N4O/c1-6-17-18-12-13(2,3)16-10-9(15)7(14)5-8(20-4)11(10)19(6)12/h5-6,16-17H,1-4H3. The molecule has 0 bridgehead atoms. The van der Waals surface area contributed by atoms with Gasteiger partial charge in [-0.3, -0.25) is 10.3 Å². The Labute approximate surface area is 115 Å². The van der Waals surface area contributed by atoms with Gasteiger partial charge in [0.1, 0.15) is 23.3 Å². The second-order valence-electron chi connectivity index (χ2n) is 5.46. The van der Waals surface area contributed by atoms with Crippen LogP contribution in [0.3, 0.4) is 0 Å². The van der Waals surface area contributed by atoms with Crippen LogP contribution in [-0.2, 0) is 0 Å². The summed E-state index contributed by atoms with van der Waals surface area (Å²) in [5, 5.41) is 7.28. The van der Waals surface area contributed by atoms with Crippen LogP contribution in [0.4, 0.5) is 20.2 Å². The van der Waals surface area contributed by atoms with Gasteiger partial charge in [0, 0.05) is 6.07 Å². The summed E-state index contributed by atoms with van der Waals surface area (Å²) in [6, 6.07) is 1.05. The summed E-state index contributed by atoms with van der Waals surface area (Å²) in [5.41, 5.74) is 2.88. The molecule has 1 atom stereocenters. The van der Waals surface area contributed by atoms with Gasteiger partial charge in [-0.1, -0.05) is 0 Å². The molecule has 1 unspecified atom stereocenters. The number of nitrogens with one attached hydrogen (secondary N) is 2. The first-order chi connectivity index (χ1) is 9.36. The number of halogens is 2. The minimum atomic E-state index is -0.941. The van der Waals surface area contributed by atoms with Crippen molar-refractivity contribution < 1.29 is 13.5 Å². The molecule has 2 heterocycles. The van der Waals surface area contributed by atoms with Crippen LogP contribution in [0.25, 0.3) is 0 Å². The zero-order valence-corrected chi connectivity index (χ0v) is 11.7. The first-order valence-electron chi connectivity index (χ1n) is 6.34. The van der Waals surface area contributed by atoms with Crippen molar-refractivity contribution in [2.24, 2.45) is 5.10 Å². The highest BCUT2D eigenvalue weighted by Crippen LogP contribution is 2.46. The molecule has 0 fully saturated rings. The average molecular weight is 282 g/mol. The fourth-order valence-corrected chi connectivity index (χ4v) is 2.66. The molecule has 0 spiro atoms. The maximum absolute atomic E-state index is 14.1. The van der Waals surface area contributed by atoms with Gasteiger partial charge in [-0.05, 0) is 20.8 Å². The van der Waals surface area contributed by atoms with Gasteiger partial charge in [-0.15, -0.1) is 0 Å². The summed E-state index contributed by atoms with van der Waals surface area (Å²) in [5.74, 6) is -0.872. The lowest BCUT2D eigenvalue weighted by Crippen LogP contribution is -2.55. The molecule has 0 radical (unpaired) electrons. The number of ether oxygens (including phenoxy) is 1. The van der Waals surface area contributed by atoms with E-state index in [4.69, 9.17) is 4.74 Å². The van der Waals surface area contributed by atoms with E-state index >= 15 is 0 Å². The van der Waals surface area contributed by atoms with E-state index in [1.165, 1.54) is 7.11 Å². The molecule has 2 N–H and O–H groups in total. The average Bonchev–Trinajstić information content (AvgIpc) is 2.77. The van der Waals surface area contributed by atoms with Crippen LogP contribution in [0.2, 0.25) is 0 Å². The quantitative estimate of drug-likeness (QED) is 0.829. The van der Waals surface area contributed by atoms with Crippen molar-refractivity contribution in [3.63, 3.8) is 0 Å². The molecule has 0 amide bonds. The third-order valence-electron chi connectivity index (χ3n) is 3.59. The van der Waals surface area contributed by atoms with Crippen molar-refractivity contribution in [1.29, 1.82) is 0 Å². The van der Waals surface area contributed by atoms with E-state index < -0.39 is 17.2 Å². The van der Waals surface area contributed by atoms with Crippen LogP contribution in [0, 0.1) is 11.6 Å². The van der Waals surface area contributed by atoms with Crippen molar-refractivity contribution in [3.8, 4) is 5.75 Å². The topological polar surface area (TPSA) is 48.9 Å². The van der Waals surface area contributed by atoms with E-state index in [1.807, 2.05) is 25.7 Å². The number of fused-ring (bicyclic) bond motifs is 3. The Morgan fingerprint density at radius 3 is 2.75 bits per heavy atom. The number of hydrazone groups is 1. The van der Waals surface area contributed by atoms with Crippen molar-refractivity contribution in [1.82, 2.24) is 5.43 Å². The second-order valence-corrected chi connectivity index (χ2v) is 5.46. The molecule has 0 saturated carbocycles. The lowest BCUT2D eigenvalue weighted by molar-refractivity contribution is 0.405. The number of nitrogens with zero attached hydrogens (tertiary/aromatic N) is 2. The molecule has 0 aliphatic carbocycles. The van der Waals surface area contributed by atoms with Gasteiger partial charge in [0.2, 0.25) is 0 Å². The highest BCUT2D eigenvalue weighted by atomic mass is 19.2. The molecule has 0 aromatic heterocycles. The zero-order valence-electron chi connectivity index (χ0n) is 11.7. The molecule has 1 aromatic rings. The van der Waals surface area contributed by atoms with Crippen LogP contribution < -0.4 is 20.4 Å². The van der Waals surface area contributed by atoms with Gasteiger partial charge >= 0.3 is 0 Å². The van der Waals surface area contributed by atoms with E-state index in [0.717, 1.165) is 6.07 Å². The molecule has 2 aliphatic rings. The van der Waals surface area contributed by atoms with Gasteiger partial charge < -0.3 is 10.1 Å². The molecule has 3 rings (SSSR count). The van der Waals surface area contributed by atoms with Crippen LogP contribution in [-0.4, -0.2) is 24.7 Å². The number of rotatable bonds is 1. The molecule has 108 valence electrons. The molecular weight excluding hydrogens is 266 g/mol. The van der Waals surface area contributed by atoms with Crippen LogP contribution in [0.15, 0.2) is 11.2 Å². The number of amidine groups is 1. The minimum absolute atomic E-state index is 0.0985. The first kappa shape index (κ1) is 13.0. The fourth-order valence-electron chi connectivity index (χ4n) is 2.66. The third kappa shape index (κ3) is 1.55. The third-order valence-corrected chi connectivity index (χ3v) is 3.59. The SMILES string of the molecule is COc1cc(F)c(F)c2c1N1C(=NNC1C)C(C)(C)N2. The maximum Gasteiger partial charge on any atom is 0.184 e. The van der Waals surface area contributed by atoms with Crippen LogP contribution >= 0.6 is 0 Å². The predicted octanol–water partition coefficient (Wildman–Crippen LogP) is 2.25. The molecule has 20 heavy (non-hydrogen) atoms. The lowest BCUT2D eigenvalue weighted by Gasteiger charge is -2.41. The predicted molar refractivity (Wildman–Crippen MR) is 73.1 cm³/mol. The van der Waals surface area contributed by atoms with Gasteiger partial charge in [-0.2, -0.15) is 5.10 Å². The van der Waals surface area contributed by atoms with E-state index in [2.05, 4.69) is 15.8 Å². The Morgan fingerprint density at radius 2 is 2.10 bits per heavy atom. The van der Waals surface area contributed by atoms with Crippen LogP contribution in [0.1, 0.15) is 20.8 Å². The summed E-state index contributed by atoms with van der Waals surface area (Å²) in [4.78, 5) is 1.83. The van der Waals surface area contributed by atoms with E-state index in [1.54, 1.807) is 0 Å².